The molecule has 3 fully saturated rings. The molecule has 0 radical (unpaired) electrons. The number of nitrogens with zero attached hydrogens (tertiary/aromatic N) is 3. The van der Waals surface area contributed by atoms with E-state index in [1.165, 1.54) is 4.90 Å². The quantitative estimate of drug-likeness (QED) is 0.890. The normalized spacial score (nSPS) is 24.1. The van der Waals surface area contributed by atoms with Crippen molar-refractivity contribution in [2.45, 2.75) is 25.4 Å². The molecule has 0 unspecified atom stereocenters. The number of fused-ring (bicyclic) bond motifs is 4. The van der Waals surface area contributed by atoms with Crippen LogP contribution in [0.2, 0.25) is 0 Å². The van der Waals surface area contributed by atoms with Gasteiger partial charge in [-0.15, -0.1) is 0 Å². The van der Waals surface area contributed by atoms with Crippen LogP contribution in [-0.2, 0) is 16.1 Å². The van der Waals surface area contributed by atoms with Gasteiger partial charge in [-0.3, -0.25) is 14.5 Å². The molecule has 3 heterocycles. The number of piperidine rings is 1. The van der Waals surface area contributed by atoms with E-state index in [-0.39, 0.29) is 36.1 Å². The van der Waals surface area contributed by atoms with Gasteiger partial charge in [0.15, 0.2) is 0 Å². The highest BCUT2D eigenvalue weighted by molar-refractivity contribution is 5.86. The van der Waals surface area contributed by atoms with Gasteiger partial charge in [-0.05, 0) is 30.5 Å². The summed E-state index contributed by atoms with van der Waals surface area (Å²) in [5, 5.41) is 9.63. The third-order valence-electron chi connectivity index (χ3n) is 4.99. The van der Waals surface area contributed by atoms with Gasteiger partial charge in [0.2, 0.25) is 11.8 Å². The van der Waals surface area contributed by atoms with Crippen molar-refractivity contribution in [1.82, 2.24) is 14.7 Å². The maximum absolute atomic E-state index is 12.7. The molecule has 1 N–H and O–H groups in total. The molecular formula is C18H25N3O3. The predicted molar refractivity (Wildman–Crippen MR) is 90.3 cm³/mol. The van der Waals surface area contributed by atoms with E-state index in [1.807, 2.05) is 12.1 Å². The molecule has 0 aliphatic carbocycles. The van der Waals surface area contributed by atoms with Crippen LogP contribution in [0, 0.1) is 5.92 Å². The molecule has 0 saturated carbocycles. The Bertz CT molecular complexity index is 632. The van der Waals surface area contributed by atoms with Crippen molar-refractivity contribution >= 4 is 11.8 Å². The van der Waals surface area contributed by atoms with Crippen molar-refractivity contribution in [3.05, 3.63) is 29.8 Å². The fourth-order valence-corrected chi connectivity index (χ4v) is 3.67. The standard InChI is InChI=1S/C18H25N3O3/c1-19(2)17(23)12-21-15-7-6-14(18(21)24)10-20(11-15)9-13-4-3-5-16(22)8-13/h3-5,8,14-15,22H,6-7,9-12H2,1-2H3/t14-,15+/m0/s1. The van der Waals surface area contributed by atoms with Crippen LogP contribution in [-0.4, -0.2) is 71.4 Å². The Balaban J connectivity index is 1.72. The van der Waals surface area contributed by atoms with Crippen LogP contribution >= 0.6 is 0 Å². The number of benzene rings is 1. The molecular weight excluding hydrogens is 306 g/mol. The molecule has 3 saturated heterocycles. The maximum Gasteiger partial charge on any atom is 0.241 e. The Labute approximate surface area is 142 Å². The minimum absolute atomic E-state index is 0.0315. The van der Waals surface area contributed by atoms with Gasteiger partial charge < -0.3 is 14.9 Å². The average Bonchev–Trinajstić information content (AvgIpc) is 2.79. The first-order chi connectivity index (χ1) is 11.4. The predicted octanol–water partition coefficient (Wildman–Crippen LogP) is 0.903. The lowest BCUT2D eigenvalue weighted by Crippen LogP contribution is -2.51. The number of carbonyl (C=O) groups is 2. The molecule has 6 nitrogen and oxygen atoms in total. The zero-order valence-electron chi connectivity index (χ0n) is 14.3. The fraction of sp³-hybridized carbons (Fsp3) is 0.556. The fourth-order valence-electron chi connectivity index (χ4n) is 3.67. The highest BCUT2D eigenvalue weighted by Gasteiger charge is 2.41. The van der Waals surface area contributed by atoms with E-state index in [4.69, 9.17) is 0 Å². The summed E-state index contributed by atoms with van der Waals surface area (Å²) in [5.41, 5.74) is 1.04. The molecule has 4 rings (SSSR count). The summed E-state index contributed by atoms with van der Waals surface area (Å²) < 4.78 is 0. The molecule has 3 aliphatic rings. The Morgan fingerprint density at radius 2 is 2.08 bits per heavy atom. The van der Waals surface area contributed by atoms with Gasteiger partial charge in [-0.2, -0.15) is 0 Å². The molecule has 0 spiro atoms. The number of phenolic OH excluding ortho intramolecular Hbond substituents is 1. The second-order valence-electron chi connectivity index (χ2n) is 7.05. The number of amides is 2. The maximum atomic E-state index is 12.7. The van der Waals surface area contributed by atoms with Crippen LogP contribution in [0.25, 0.3) is 0 Å². The van der Waals surface area contributed by atoms with E-state index in [1.54, 1.807) is 31.1 Å². The average molecular weight is 331 g/mol. The van der Waals surface area contributed by atoms with Crippen LogP contribution in [0.1, 0.15) is 18.4 Å². The minimum Gasteiger partial charge on any atom is -0.508 e. The largest absolute Gasteiger partial charge is 0.508 e. The molecule has 130 valence electrons. The molecule has 1 aromatic carbocycles. The first-order valence-corrected chi connectivity index (χ1v) is 8.45. The van der Waals surface area contributed by atoms with Crippen LogP contribution in [0.4, 0.5) is 0 Å². The highest BCUT2D eigenvalue weighted by atomic mass is 16.3. The Hall–Kier alpha value is -2.08. The number of aromatic hydroxyl groups is 1. The zero-order chi connectivity index (χ0) is 17.3. The first-order valence-electron chi connectivity index (χ1n) is 8.45. The lowest BCUT2D eigenvalue weighted by atomic mass is 9.94. The van der Waals surface area contributed by atoms with Crippen LogP contribution in [0.5, 0.6) is 5.75 Å². The molecule has 6 heteroatoms. The van der Waals surface area contributed by atoms with E-state index >= 15 is 0 Å². The van der Waals surface area contributed by atoms with Gasteiger partial charge >= 0.3 is 0 Å². The van der Waals surface area contributed by atoms with Crippen molar-refractivity contribution in [1.29, 1.82) is 0 Å². The second kappa shape index (κ2) is 6.81. The van der Waals surface area contributed by atoms with E-state index < -0.39 is 0 Å². The first kappa shape index (κ1) is 16.8. The topological polar surface area (TPSA) is 64.1 Å². The van der Waals surface area contributed by atoms with Crippen LogP contribution < -0.4 is 0 Å². The van der Waals surface area contributed by atoms with Crippen LogP contribution in [0.15, 0.2) is 24.3 Å². The Morgan fingerprint density at radius 3 is 2.79 bits per heavy atom. The number of likely N-dealkylation sites (N-methyl/N-ethyl adjacent to an activating group) is 1. The van der Waals surface area contributed by atoms with Crippen molar-refractivity contribution in [2.75, 3.05) is 33.7 Å². The molecule has 0 aromatic heterocycles. The summed E-state index contributed by atoms with van der Waals surface area (Å²) in [6.07, 6.45) is 1.85. The Kier molecular flexibility index (Phi) is 4.76. The summed E-state index contributed by atoms with van der Waals surface area (Å²) in [7, 11) is 3.44. The SMILES string of the molecule is CN(C)C(=O)CN1C(=O)[C@H]2CC[C@@H]1CN(Cc1cccc(O)c1)C2. The van der Waals surface area contributed by atoms with Gasteiger partial charge in [-0.25, -0.2) is 0 Å². The van der Waals surface area contributed by atoms with E-state index in [0.717, 1.165) is 31.5 Å². The number of hydrogen-bond donors (Lipinski definition) is 1. The summed E-state index contributed by atoms with van der Waals surface area (Å²) in [5.74, 6) is 0.311. The highest BCUT2D eigenvalue weighted by Crippen LogP contribution is 2.30. The van der Waals surface area contributed by atoms with Gasteiger partial charge in [0.1, 0.15) is 12.3 Å². The molecule has 24 heavy (non-hydrogen) atoms. The lowest BCUT2D eigenvalue weighted by Gasteiger charge is -2.36. The molecule has 2 bridgehead atoms. The lowest BCUT2D eigenvalue weighted by molar-refractivity contribution is -0.145. The van der Waals surface area contributed by atoms with E-state index in [9.17, 15) is 14.7 Å². The van der Waals surface area contributed by atoms with Crippen molar-refractivity contribution in [2.24, 2.45) is 5.92 Å². The number of hydrogen-bond acceptors (Lipinski definition) is 4. The summed E-state index contributed by atoms with van der Waals surface area (Å²) in [4.78, 5) is 30.3. The molecule has 3 aliphatic heterocycles. The molecule has 2 atom stereocenters. The van der Waals surface area contributed by atoms with E-state index in [0.29, 0.717) is 6.54 Å². The van der Waals surface area contributed by atoms with Gasteiger partial charge in [0.25, 0.3) is 0 Å². The second-order valence-corrected chi connectivity index (χ2v) is 7.05. The van der Waals surface area contributed by atoms with E-state index in [2.05, 4.69) is 4.90 Å². The van der Waals surface area contributed by atoms with Gasteiger partial charge in [-0.1, -0.05) is 12.1 Å². The summed E-state index contributed by atoms with van der Waals surface area (Å²) in [6, 6.07) is 7.35. The van der Waals surface area contributed by atoms with Crippen LogP contribution in [0.3, 0.4) is 0 Å². The minimum atomic E-state index is -0.0320. The van der Waals surface area contributed by atoms with Gasteiger partial charge in [0.05, 0.1) is 5.92 Å². The number of phenols is 1. The third-order valence-corrected chi connectivity index (χ3v) is 4.99. The molecule has 2 amide bonds. The van der Waals surface area contributed by atoms with Crippen molar-refractivity contribution < 1.29 is 14.7 Å². The Morgan fingerprint density at radius 1 is 1.29 bits per heavy atom. The van der Waals surface area contributed by atoms with Crippen molar-refractivity contribution in [3.8, 4) is 5.75 Å². The number of rotatable bonds is 4. The summed E-state index contributed by atoms with van der Waals surface area (Å²) in [6.45, 7) is 2.38. The zero-order valence-corrected chi connectivity index (χ0v) is 14.3. The summed E-state index contributed by atoms with van der Waals surface area (Å²) >= 11 is 0. The van der Waals surface area contributed by atoms with Crippen molar-refractivity contribution in [3.63, 3.8) is 0 Å². The molecule has 1 aromatic rings. The van der Waals surface area contributed by atoms with Gasteiger partial charge in [0, 0.05) is 39.8 Å². The smallest absolute Gasteiger partial charge is 0.241 e. The monoisotopic (exact) mass is 331 g/mol. The number of carbonyl (C=O) groups excluding carboxylic acids is 2. The third kappa shape index (κ3) is 3.53.